The van der Waals surface area contributed by atoms with E-state index < -0.39 is 11.7 Å². The average Bonchev–Trinajstić information content (AvgIpc) is 3.07. The van der Waals surface area contributed by atoms with E-state index in [1.807, 2.05) is 32.0 Å². The summed E-state index contributed by atoms with van der Waals surface area (Å²) in [6.07, 6.45) is 1.64. The molecule has 1 aromatic heterocycles. The van der Waals surface area contributed by atoms with Crippen LogP contribution in [-0.2, 0) is 6.73 Å². The molecule has 0 spiro atoms. The van der Waals surface area contributed by atoms with Crippen LogP contribution in [0.25, 0.3) is 0 Å². The molecule has 3 aromatic rings. The van der Waals surface area contributed by atoms with E-state index in [0.29, 0.717) is 4.47 Å². The number of carbonyl (C=O) groups is 1. The molecule has 0 saturated carbocycles. The first-order chi connectivity index (χ1) is 12.4. The van der Waals surface area contributed by atoms with Crippen molar-refractivity contribution in [1.29, 1.82) is 0 Å². The molecule has 7 heteroatoms. The van der Waals surface area contributed by atoms with Crippen molar-refractivity contribution in [2.75, 3.05) is 5.32 Å². The summed E-state index contributed by atoms with van der Waals surface area (Å²) < 4.78 is 21.7. The summed E-state index contributed by atoms with van der Waals surface area (Å²) in [7, 11) is 0. The summed E-state index contributed by atoms with van der Waals surface area (Å²) in [6.45, 7) is 4.12. The van der Waals surface area contributed by atoms with E-state index >= 15 is 0 Å². The molecule has 1 heterocycles. The number of amides is 1. The van der Waals surface area contributed by atoms with E-state index in [9.17, 15) is 9.18 Å². The van der Waals surface area contributed by atoms with Crippen LogP contribution in [0.15, 0.2) is 53.1 Å². The lowest BCUT2D eigenvalue weighted by Gasteiger charge is -2.10. The zero-order valence-corrected chi connectivity index (χ0v) is 15.9. The van der Waals surface area contributed by atoms with Crippen molar-refractivity contribution in [3.63, 3.8) is 0 Å². The average molecular weight is 418 g/mol. The second-order valence-electron chi connectivity index (χ2n) is 5.86. The lowest BCUT2D eigenvalue weighted by Crippen LogP contribution is -2.15. The minimum absolute atomic E-state index is 0.0967. The van der Waals surface area contributed by atoms with Gasteiger partial charge in [0.05, 0.1) is 5.69 Å². The molecule has 5 nitrogen and oxygen atoms in total. The number of nitrogens with one attached hydrogen (secondary N) is 1. The van der Waals surface area contributed by atoms with Gasteiger partial charge in [0, 0.05) is 10.7 Å². The zero-order valence-electron chi connectivity index (χ0n) is 14.3. The van der Waals surface area contributed by atoms with E-state index in [-0.39, 0.29) is 18.1 Å². The van der Waals surface area contributed by atoms with E-state index in [4.69, 9.17) is 4.74 Å². The second kappa shape index (κ2) is 7.70. The van der Waals surface area contributed by atoms with Crippen LogP contribution >= 0.6 is 15.9 Å². The molecule has 0 saturated heterocycles. The Morgan fingerprint density at radius 2 is 2.04 bits per heavy atom. The summed E-state index contributed by atoms with van der Waals surface area (Å²) >= 11 is 3.17. The first kappa shape index (κ1) is 18.1. The van der Waals surface area contributed by atoms with Crippen LogP contribution in [0.1, 0.15) is 21.6 Å². The predicted octanol–water partition coefficient (Wildman–Crippen LogP) is 4.69. The maximum absolute atomic E-state index is 13.8. The number of aryl methyl sites for hydroxylation is 2. The van der Waals surface area contributed by atoms with Crippen LogP contribution in [0.5, 0.6) is 5.75 Å². The molecular formula is C19H17BrFN3O2. The number of anilines is 1. The Morgan fingerprint density at radius 1 is 1.23 bits per heavy atom. The predicted molar refractivity (Wildman–Crippen MR) is 101 cm³/mol. The smallest absolute Gasteiger partial charge is 0.276 e. The molecule has 0 aliphatic heterocycles. The standard InChI is InChI=1S/C19H17BrFN3O2/c1-12-3-4-13(2)18(9-12)26-11-24-8-7-17(23-24)19(25)22-16-6-5-14(20)10-15(16)21/h3-10H,11H2,1-2H3,(H,22,25). The third-order valence-electron chi connectivity index (χ3n) is 3.75. The van der Waals surface area contributed by atoms with Crippen LogP contribution in [0.3, 0.4) is 0 Å². The third-order valence-corrected chi connectivity index (χ3v) is 4.24. The molecule has 0 unspecified atom stereocenters. The maximum Gasteiger partial charge on any atom is 0.276 e. The van der Waals surface area contributed by atoms with Crippen LogP contribution < -0.4 is 10.1 Å². The Labute approximate surface area is 158 Å². The molecule has 0 aliphatic carbocycles. The van der Waals surface area contributed by atoms with Gasteiger partial charge in [-0.3, -0.25) is 4.79 Å². The second-order valence-corrected chi connectivity index (χ2v) is 6.78. The van der Waals surface area contributed by atoms with E-state index in [1.165, 1.54) is 16.8 Å². The van der Waals surface area contributed by atoms with Gasteiger partial charge in [0.25, 0.3) is 5.91 Å². The Kier molecular flexibility index (Phi) is 5.37. The summed E-state index contributed by atoms with van der Waals surface area (Å²) in [4.78, 5) is 12.2. The molecule has 2 aromatic carbocycles. The molecule has 26 heavy (non-hydrogen) atoms. The largest absolute Gasteiger partial charge is 0.471 e. The van der Waals surface area contributed by atoms with Gasteiger partial charge in [0.2, 0.25) is 0 Å². The minimum Gasteiger partial charge on any atom is -0.471 e. The zero-order chi connectivity index (χ0) is 18.7. The number of nitrogens with zero attached hydrogens (tertiary/aromatic N) is 2. The van der Waals surface area contributed by atoms with Gasteiger partial charge in [-0.1, -0.05) is 28.1 Å². The normalized spacial score (nSPS) is 10.6. The molecule has 0 radical (unpaired) electrons. The quantitative estimate of drug-likeness (QED) is 0.654. The summed E-state index contributed by atoms with van der Waals surface area (Å²) in [5, 5.41) is 6.67. The van der Waals surface area contributed by atoms with Crippen LogP contribution in [-0.4, -0.2) is 15.7 Å². The number of rotatable bonds is 5. The molecule has 3 rings (SSSR count). The molecule has 1 N–H and O–H groups in total. The van der Waals surface area contributed by atoms with Gasteiger partial charge in [0.15, 0.2) is 12.4 Å². The van der Waals surface area contributed by atoms with Gasteiger partial charge in [0.1, 0.15) is 11.6 Å². The summed E-state index contributed by atoms with van der Waals surface area (Å²) in [6, 6.07) is 11.9. The number of carbonyl (C=O) groups excluding carboxylic acids is 1. The number of hydrogen-bond acceptors (Lipinski definition) is 3. The first-order valence-electron chi connectivity index (χ1n) is 7.92. The monoisotopic (exact) mass is 417 g/mol. The number of benzene rings is 2. The van der Waals surface area contributed by atoms with Crippen LogP contribution in [0, 0.1) is 19.7 Å². The highest BCUT2D eigenvalue weighted by atomic mass is 79.9. The molecular weight excluding hydrogens is 401 g/mol. The van der Waals surface area contributed by atoms with Crippen molar-refractivity contribution in [3.05, 3.63) is 75.8 Å². The molecule has 0 fully saturated rings. The Morgan fingerprint density at radius 3 is 2.81 bits per heavy atom. The minimum atomic E-state index is -0.523. The lowest BCUT2D eigenvalue weighted by molar-refractivity contribution is 0.101. The van der Waals surface area contributed by atoms with Crippen LogP contribution in [0.2, 0.25) is 0 Å². The van der Waals surface area contributed by atoms with Gasteiger partial charge in [-0.25, -0.2) is 9.07 Å². The number of hydrogen-bond donors (Lipinski definition) is 1. The first-order valence-corrected chi connectivity index (χ1v) is 8.71. The topological polar surface area (TPSA) is 56.1 Å². The molecule has 0 aliphatic rings. The Hall–Kier alpha value is -2.67. The van der Waals surface area contributed by atoms with Crippen molar-refractivity contribution < 1.29 is 13.9 Å². The lowest BCUT2D eigenvalue weighted by atomic mass is 10.1. The third kappa shape index (κ3) is 4.29. The molecule has 1 amide bonds. The highest BCUT2D eigenvalue weighted by Crippen LogP contribution is 2.21. The highest BCUT2D eigenvalue weighted by Gasteiger charge is 2.13. The van der Waals surface area contributed by atoms with Crippen molar-refractivity contribution in [3.8, 4) is 5.75 Å². The van der Waals surface area contributed by atoms with Crippen molar-refractivity contribution in [1.82, 2.24) is 9.78 Å². The van der Waals surface area contributed by atoms with E-state index in [0.717, 1.165) is 16.9 Å². The van der Waals surface area contributed by atoms with Gasteiger partial charge >= 0.3 is 0 Å². The van der Waals surface area contributed by atoms with Gasteiger partial charge < -0.3 is 10.1 Å². The SMILES string of the molecule is Cc1ccc(C)c(OCn2ccc(C(=O)Nc3ccc(Br)cc3F)n2)c1. The van der Waals surface area contributed by atoms with Crippen LogP contribution in [0.4, 0.5) is 10.1 Å². The van der Waals surface area contributed by atoms with Crippen molar-refractivity contribution in [2.24, 2.45) is 0 Å². The Bertz CT molecular complexity index is 956. The van der Waals surface area contributed by atoms with Gasteiger partial charge in [-0.15, -0.1) is 0 Å². The fraction of sp³-hybridized carbons (Fsp3) is 0.158. The van der Waals surface area contributed by atoms with Crippen molar-refractivity contribution in [2.45, 2.75) is 20.6 Å². The molecule has 0 atom stereocenters. The van der Waals surface area contributed by atoms with E-state index in [1.54, 1.807) is 18.3 Å². The summed E-state index contributed by atoms with van der Waals surface area (Å²) in [5.74, 6) is -0.245. The van der Waals surface area contributed by atoms with E-state index in [2.05, 4.69) is 26.3 Å². The fourth-order valence-electron chi connectivity index (χ4n) is 2.33. The number of aromatic nitrogens is 2. The highest BCUT2D eigenvalue weighted by molar-refractivity contribution is 9.10. The molecule has 0 bridgehead atoms. The van der Waals surface area contributed by atoms with Crippen molar-refractivity contribution >= 4 is 27.5 Å². The van der Waals surface area contributed by atoms with Gasteiger partial charge in [-0.05, 0) is 55.3 Å². The molecule has 134 valence electrons. The number of halogens is 2. The summed E-state index contributed by atoms with van der Waals surface area (Å²) in [5.41, 5.74) is 2.39. The van der Waals surface area contributed by atoms with Gasteiger partial charge in [-0.2, -0.15) is 5.10 Å². The number of ether oxygens (including phenoxy) is 1. The maximum atomic E-state index is 13.8. The fourth-order valence-corrected chi connectivity index (χ4v) is 2.66. The Balaban J connectivity index is 1.65.